The van der Waals surface area contributed by atoms with E-state index in [4.69, 9.17) is 16.3 Å². The van der Waals surface area contributed by atoms with Gasteiger partial charge in [0.05, 0.1) is 23.2 Å². The summed E-state index contributed by atoms with van der Waals surface area (Å²) in [7, 11) is 0. The number of thiophene rings is 1. The fourth-order valence-electron chi connectivity index (χ4n) is 4.89. The molecule has 4 atom stereocenters. The van der Waals surface area contributed by atoms with Gasteiger partial charge in [-0.05, 0) is 61.1 Å². The molecule has 7 nitrogen and oxygen atoms in total. The van der Waals surface area contributed by atoms with Gasteiger partial charge in [-0.25, -0.2) is 9.97 Å². The fraction of sp³-hybridized carbons (Fsp3) is 0.400. The second-order valence-electron chi connectivity index (χ2n) is 8.90. The lowest BCUT2D eigenvalue weighted by atomic mass is 9.93. The summed E-state index contributed by atoms with van der Waals surface area (Å²) >= 11 is 7.69. The van der Waals surface area contributed by atoms with Crippen LogP contribution in [0.5, 0.6) is 0 Å². The first-order valence-corrected chi connectivity index (χ1v) is 12.5. The molecule has 1 aliphatic carbocycles. The van der Waals surface area contributed by atoms with Crippen LogP contribution in [0.1, 0.15) is 55.7 Å². The number of carbonyl (C=O) groups excluding carboxylic acids is 1. The van der Waals surface area contributed by atoms with E-state index in [1.807, 2.05) is 31.2 Å². The topological polar surface area (TPSA) is 105 Å². The van der Waals surface area contributed by atoms with E-state index < -0.39 is 6.10 Å². The number of rotatable bonds is 6. The monoisotopic (exact) mass is 499 g/mol. The first kappa shape index (κ1) is 23.4. The second kappa shape index (κ2) is 9.71. The number of ether oxygens (including phenoxy) is 1. The third-order valence-corrected chi connectivity index (χ3v) is 8.00. The van der Waals surface area contributed by atoms with E-state index in [-0.39, 0.29) is 30.5 Å². The maximum atomic E-state index is 13.5. The molecule has 2 aromatic heterocycles. The fourth-order valence-corrected chi connectivity index (χ4v) is 6.08. The molecule has 34 heavy (non-hydrogen) atoms. The molecule has 178 valence electrons. The summed E-state index contributed by atoms with van der Waals surface area (Å²) < 4.78 is 6.12. The molecule has 0 bridgehead atoms. The third-order valence-electron chi connectivity index (χ3n) is 6.70. The van der Waals surface area contributed by atoms with Gasteiger partial charge in [0.25, 0.3) is 0 Å². The molecule has 2 aliphatic rings. The van der Waals surface area contributed by atoms with Crippen LogP contribution in [-0.4, -0.2) is 51.3 Å². The van der Waals surface area contributed by atoms with E-state index in [0.29, 0.717) is 40.7 Å². The zero-order chi connectivity index (χ0) is 23.8. The van der Waals surface area contributed by atoms with E-state index in [1.165, 1.54) is 29.4 Å². The standard InChI is InChI=1S/C25H26ClN3O4S/c1-13-18(24-19-7-16(26)3-2-14(19)4-5-33-24)9-22(34-13)23(32)20-10-27-12-28-25(20)29-17-6-15(11-30)21(31)8-17/h2-3,7,9-10,12,15,17,21,24,30-31H,4-6,8,11H2,1H3,(H,27,28,29)/t15-,17-,21+,24+/m1/s1. The van der Waals surface area contributed by atoms with Crippen LogP contribution in [0.25, 0.3) is 0 Å². The zero-order valence-electron chi connectivity index (χ0n) is 18.7. The number of aliphatic hydroxyl groups is 2. The molecule has 3 heterocycles. The minimum Gasteiger partial charge on any atom is -0.396 e. The van der Waals surface area contributed by atoms with Crippen LogP contribution in [0.15, 0.2) is 36.8 Å². The lowest BCUT2D eigenvalue weighted by Gasteiger charge is -2.26. The molecule has 9 heteroatoms. The number of anilines is 1. The molecular formula is C25H26ClN3O4S. The number of carbonyl (C=O) groups is 1. The second-order valence-corrected chi connectivity index (χ2v) is 10.6. The van der Waals surface area contributed by atoms with Gasteiger partial charge in [0, 0.05) is 34.7 Å². The number of nitrogens with zero attached hydrogens (tertiary/aromatic N) is 2. The zero-order valence-corrected chi connectivity index (χ0v) is 20.3. The number of halogens is 1. The van der Waals surface area contributed by atoms with Crippen molar-refractivity contribution in [2.24, 2.45) is 5.92 Å². The van der Waals surface area contributed by atoms with Crippen molar-refractivity contribution in [3.05, 3.63) is 73.8 Å². The van der Waals surface area contributed by atoms with Gasteiger partial charge >= 0.3 is 0 Å². The number of hydrogen-bond acceptors (Lipinski definition) is 8. The average molecular weight is 500 g/mol. The van der Waals surface area contributed by atoms with E-state index in [2.05, 4.69) is 15.3 Å². The first-order chi connectivity index (χ1) is 16.4. The van der Waals surface area contributed by atoms with Crippen molar-refractivity contribution < 1.29 is 19.7 Å². The Morgan fingerprint density at radius 2 is 2.15 bits per heavy atom. The molecule has 0 radical (unpaired) electrons. The summed E-state index contributed by atoms with van der Waals surface area (Å²) in [5, 5.41) is 23.5. The largest absolute Gasteiger partial charge is 0.396 e. The summed E-state index contributed by atoms with van der Waals surface area (Å²) in [6.07, 6.45) is 4.02. The smallest absolute Gasteiger partial charge is 0.208 e. The predicted molar refractivity (Wildman–Crippen MR) is 131 cm³/mol. The van der Waals surface area contributed by atoms with E-state index in [1.54, 1.807) is 0 Å². The normalized spacial score (nSPS) is 24.1. The Bertz CT molecular complexity index is 1220. The highest BCUT2D eigenvalue weighted by Gasteiger charge is 2.33. The van der Waals surface area contributed by atoms with Gasteiger partial charge in [0.15, 0.2) is 0 Å². The molecule has 0 spiro atoms. The number of ketones is 1. The molecule has 1 aromatic carbocycles. The molecule has 0 saturated heterocycles. The maximum Gasteiger partial charge on any atom is 0.208 e. The Morgan fingerprint density at radius 1 is 1.29 bits per heavy atom. The highest BCUT2D eigenvalue weighted by molar-refractivity contribution is 7.14. The van der Waals surface area contributed by atoms with E-state index in [9.17, 15) is 15.0 Å². The molecule has 1 aliphatic heterocycles. The number of benzene rings is 1. The summed E-state index contributed by atoms with van der Waals surface area (Å²) in [6.45, 7) is 2.54. The van der Waals surface area contributed by atoms with Crippen molar-refractivity contribution in [2.45, 2.75) is 44.4 Å². The number of aromatic nitrogens is 2. The van der Waals surface area contributed by atoms with Crippen LogP contribution in [0.3, 0.4) is 0 Å². The van der Waals surface area contributed by atoms with Gasteiger partial charge in [0.2, 0.25) is 5.78 Å². The highest BCUT2D eigenvalue weighted by atomic mass is 35.5. The number of hydrogen-bond donors (Lipinski definition) is 3. The van der Waals surface area contributed by atoms with Crippen molar-refractivity contribution in [3.63, 3.8) is 0 Å². The number of aryl methyl sites for hydroxylation is 1. The number of nitrogens with one attached hydrogen (secondary N) is 1. The SMILES string of the molecule is Cc1sc(C(=O)c2cncnc2N[C@@H]2C[C@H](CO)[C@@H](O)C2)cc1[C@@H]1OCCc2ccc(Cl)cc21. The van der Waals surface area contributed by atoms with Crippen LogP contribution in [0.2, 0.25) is 5.02 Å². The van der Waals surface area contributed by atoms with Crippen molar-refractivity contribution in [1.29, 1.82) is 0 Å². The maximum absolute atomic E-state index is 13.5. The van der Waals surface area contributed by atoms with Gasteiger partial charge in [0.1, 0.15) is 18.2 Å². The molecule has 1 fully saturated rings. The minimum absolute atomic E-state index is 0.0657. The summed E-state index contributed by atoms with van der Waals surface area (Å²) in [5.74, 6) is 0.101. The van der Waals surface area contributed by atoms with Gasteiger partial charge in [-0.3, -0.25) is 4.79 Å². The van der Waals surface area contributed by atoms with Crippen LogP contribution in [0.4, 0.5) is 5.82 Å². The van der Waals surface area contributed by atoms with Gasteiger partial charge in [-0.15, -0.1) is 11.3 Å². The minimum atomic E-state index is -0.571. The summed E-state index contributed by atoms with van der Waals surface area (Å²) in [4.78, 5) is 23.5. The van der Waals surface area contributed by atoms with Crippen LogP contribution >= 0.6 is 22.9 Å². The Morgan fingerprint density at radius 3 is 2.94 bits per heavy atom. The molecule has 3 N–H and O–H groups in total. The molecule has 3 aromatic rings. The molecule has 0 unspecified atom stereocenters. The molecule has 1 saturated carbocycles. The van der Waals surface area contributed by atoms with Gasteiger partial charge < -0.3 is 20.3 Å². The first-order valence-electron chi connectivity index (χ1n) is 11.3. The molecular weight excluding hydrogens is 474 g/mol. The predicted octanol–water partition coefficient (Wildman–Crippen LogP) is 3.94. The van der Waals surface area contributed by atoms with Crippen LogP contribution in [0, 0.1) is 12.8 Å². The van der Waals surface area contributed by atoms with Crippen molar-refractivity contribution in [3.8, 4) is 0 Å². The Labute approximate surface area is 206 Å². The molecule has 5 rings (SSSR count). The highest BCUT2D eigenvalue weighted by Crippen LogP contribution is 2.39. The average Bonchev–Trinajstić information content (AvgIpc) is 3.40. The number of aliphatic hydroxyl groups excluding tert-OH is 2. The van der Waals surface area contributed by atoms with Gasteiger partial charge in [-0.1, -0.05) is 17.7 Å². The lowest BCUT2D eigenvalue weighted by Crippen LogP contribution is -2.20. The van der Waals surface area contributed by atoms with Crippen molar-refractivity contribution >= 4 is 34.5 Å². The van der Waals surface area contributed by atoms with E-state index >= 15 is 0 Å². The van der Waals surface area contributed by atoms with Crippen molar-refractivity contribution in [1.82, 2.24) is 9.97 Å². The quantitative estimate of drug-likeness (QED) is 0.441. The summed E-state index contributed by atoms with van der Waals surface area (Å²) in [6, 6.07) is 7.71. The Hall–Kier alpha value is -2.36. The molecule has 0 amide bonds. The number of fused-ring (bicyclic) bond motifs is 1. The van der Waals surface area contributed by atoms with Crippen LogP contribution < -0.4 is 5.32 Å². The van der Waals surface area contributed by atoms with E-state index in [0.717, 1.165) is 22.4 Å². The lowest BCUT2D eigenvalue weighted by molar-refractivity contribution is 0.0697. The van der Waals surface area contributed by atoms with Gasteiger partial charge in [-0.2, -0.15) is 0 Å². The van der Waals surface area contributed by atoms with Crippen LogP contribution in [-0.2, 0) is 11.2 Å². The van der Waals surface area contributed by atoms with Crippen molar-refractivity contribution in [2.75, 3.05) is 18.5 Å². The summed E-state index contributed by atoms with van der Waals surface area (Å²) in [5.41, 5.74) is 3.60. The Balaban J connectivity index is 1.42. The Kier molecular flexibility index (Phi) is 6.68. The third kappa shape index (κ3) is 4.48.